The molecule has 3 rings (SSSR count). The molecule has 1 saturated carbocycles. The number of hydrogen-bond acceptors (Lipinski definition) is 3. The van der Waals surface area contributed by atoms with Crippen LogP contribution in [-0.4, -0.2) is 30.0 Å². The van der Waals surface area contributed by atoms with E-state index in [1.54, 1.807) is 0 Å². The first-order valence-electron chi connectivity index (χ1n) is 7.79. The molecular formula is C16H23N3O. The highest BCUT2D eigenvalue weighted by Crippen LogP contribution is 2.24. The maximum absolute atomic E-state index is 12.3. The van der Waals surface area contributed by atoms with Crippen LogP contribution in [0, 0.1) is 5.92 Å². The highest BCUT2D eigenvalue weighted by molar-refractivity contribution is 5.79. The largest absolute Gasteiger partial charge is 0.354 e. The van der Waals surface area contributed by atoms with E-state index in [1.165, 1.54) is 19.3 Å². The van der Waals surface area contributed by atoms with Gasteiger partial charge in [0.05, 0.1) is 0 Å². The summed E-state index contributed by atoms with van der Waals surface area (Å²) in [6.07, 6.45) is 8.70. The molecule has 0 bridgehead atoms. The van der Waals surface area contributed by atoms with Crippen molar-refractivity contribution < 1.29 is 4.79 Å². The van der Waals surface area contributed by atoms with Gasteiger partial charge in [-0.3, -0.25) is 4.79 Å². The van der Waals surface area contributed by atoms with Crippen LogP contribution in [-0.2, 0) is 4.79 Å². The Kier molecular flexibility index (Phi) is 4.19. The molecule has 1 N–H and O–H groups in total. The Balaban J connectivity index is 1.51. The van der Waals surface area contributed by atoms with Crippen LogP contribution in [0.15, 0.2) is 24.4 Å². The van der Waals surface area contributed by atoms with Gasteiger partial charge in [-0.05, 0) is 31.4 Å². The van der Waals surface area contributed by atoms with Crippen LogP contribution < -0.4 is 10.2 Å². The summed E-state index contributed by atoms with van der Waals surface area (Å²) < 4.78 is 0. The van der Waals surface area contributed by atoms with Crippen LogP contribution in [0.2, 0.25) is 0 Å². The van der Waals surface area contributed by atoms with Crippen LogP contribution in [0.5, 0.6) is 0 Å². The third kappa shape index (κ3) is 3.11. The van der Waals surface area contributed by atoms with Crippen molar-refractivity contribution in [1.82, 2.24) is 10.3 Å². The van der Waals surface area contributed by atoms with Crippen molar-refractivity contribution in [3.05, 3.63) is 24.4 Å². The quantitative estimate of drug-likeness (QED) is 0.919. The molecule has 1 aromatic rings. The molecule has 2 aliphatic rings. The molecule has 4 nitrogen and oxygen atoms in total. The molecule has 0 spiro atoms. The number of rotatable bonds is 3. The molecule has 0 aromatic carbocycles. The first-order valence-corrected chi connectivity index (χ1v) is 7.79. The van der Waals surface area contributed by atoms with Crippen LogP contribution in [0.3, 0.4) is 0 Å². The van der Waals surface area contributed by atoms with E-state index >= 15 is 0 Å². The molecule has 0 radical (unpaired) electrons. The minimum atomic E-state index is 0.257. The Morgan fingerprint density at radius 1 is 1.20 bits per heavy atom. The lowest BCUT2D eigenvalue weighted by atomic mass is 9.88. The minimum Gasteiger partial charge on any atom is -0.354 e. The lowest BCUT2D eigenvalue weighted by Crippen LogP contribution is -2.41. The lowest BCUT2D eigenvalue weighted by Gasteiger charge is -2.23. The number of carbonyl (C=O) groups is 1. The summed E-state index contributed by atoms with van der Waals surface area (Å²) in [5, 5.41) is 3.24. The lowest BCUT2D eigenvalue weighted by molar-refractivity contribution is -0.126. The Labute approximate surface area is 120 Å². The number of hydrogen-bond donors (Lipinski definition) is 1. The minimum absolute atomic E-state index is 0.257. The van der Waals surface area contributed by atoms with E-state index in [1.807, 2.05) is 24.4 Å². The molecular weight excluding hydrogens is 250 g/mol. The predicted octanol–water partition coefficient (Wildman–Crippen LogP) is 2.36. The standard InChI is InChI=1S/C16H23N3O/c20-16(13-6-2-1-3-7-13)18-14-9-11-19(12-14)15-8-4-5-10-17-15/h4-5,8,10,13-14H,1-3,6-7,9,11-12H2,(H,18,20). The first-order chi connectivity index (χ1) is 9.83. The summed E-state index contributed by atoms with van der Waals surface area (Å²) in [6.45, 7) is 1.86. The van der Waals surface area contributed by atoms with Crippen molar-refractivity contribution >= 4 is 11.7 Å². The van der Waals surface area contributed by atoms with E-state index in [2.05, 4.69) is 15.2 Å². The van der Waals surface area contributed by atoms with Crippen LogP contribution >= 0.6 is 0 Å². The monoisotopic (exact) mass is 273 g/mol. The number of aromatic nitrogens is 1. The predicted molar refractivity (Wildman–Crippen MR) is 79.6 cm³/mol. The molecule has 1 aliphatic carbocycles. The van der Waals surface area contributed by atoms with Crippen molar-refractivity contribution in [3.63, 3.8) is 0 Å². The molecule has 1 unspecified atom stereocenters. The van der Waals surface area contributed by atoms with Crippen LogP contribution in [0.4, 0.5) is 5.82 Å². The fraction of sp³-hybridized carbons (Fsp3) is 0.625. The number of amides is 1. The molecule has 1 aromatic heterocycles. The topological polar surface area (TPSA) is 45.2 Å². The molecule has 2 heterocycles. The summed E-state index contributed by atoms with van der Waals surface area (Å²) in [6, 6.07) is 6.26. The molecule has 1 amide bonds. The average molecular weight is 273 g/mol. The Morgan fingerprint density at radius 3 is 2.80 bits per heavy atom. The molecule has 1 saturated heterocycles. The van der Waals surface area contributed by atoms with E-state index in [-0.39, 0.29) is 17.9 Å². The highest BCUT2D eigenvalue weighted by Gasteiger charge is 2.28. The maximum Gasteiger partial charge on any atom is 0.223 e. The van der Waals surface area contributed by atoms with Gasteiger partial charge in [0.2, 0.25) is 5.91 Å². The van der Waals surface area contributed by atoms with Gasteiger partial charge in [0.1, 0.15) is 5.82 Å². The number of anilines is 1. The second-order valence-corrected chi connectivity index (χ2v) is 5.96. The van der Waals surface area contributed by atoms with Gasteiger partial charge in [0.25, 0.3) is 0 Å². The second kappa shape index (κ2) is 6.25. The average Bonchev–Trinajstić information content (AvgIpc) is 2.97. The Morgan fingerprint density at radius 2 is 2.05 bits per heavy atom. The number of nitrogens with zero attached hydrogens (tertiary/aromatic N) is 2. The van der Waals surface area contributed by atoms with E-state index < -0.39 is 0 Å². The number of carbonyl (C=O) groups excluding carboxylic acids is 1. The normalized spacial score (nSPS) is 23.8. The zero-order chi connectivity index (χ0) is 13.8. The molecule has 20 heavy (non-hydrogen) atoms. The first kappa shape index (κ1) is 13.4. The van der Waals surface area contributed by atoms with E-state index in [0.717, 1.165) is 38.2 Å². The van der Waals surface area contributed by atoms with Crippen LogP contribution in [0.25, 0.3) is 0 Å². The Bertz CT molecular complexity index is 442. The van der Waals surface area contributed by atoms with Gasteiger partial charge in [-0.2, -0.15) is 0 Å². The molecule has 108 valence electrons. The second-order valence-electron chi connectivity index (χ2n) is 5.96. The number of pyridine rings is 1. The summed E-state index contributed by atoms with van der Waals surface area (Å²) >= 11 is 0. The van der Waals surface area contributed by atoms with Gasteiger partial charge in [0, 0.05) is 31.2 Å². The molecule has 4 heteroatoms. The number of nitrogens with one attached hydrogen (secondary N) is 1. The molecule has 1 aliphatic heterocycles. The van der Waals surface area contributed by atoms with Crippen molar-refractivity contribution in [2.45, 2.75) is 44.6 Å². The van der Waals surface area contributed by atoms with Crippen molar-refractivity contribution in [1.29, 1.82) is 0 Å². The fourth-order valence-corrected chi connectivity index (χ4v) is 3.31. The van der Waals surface area contributed by atoms with Crippen molar-refractivity contribution in [2.75, 3.05) is 18.0 Å². The van der Waals surface area contributed by atoms with Gasteiger partial charge in [-0.25, -0.2) is 4.98 Å². The SMILES string of the molecule is O=C(NC1CCN(c2ccccn2)C1)C1CCCCC1. The van der Waals surface area contributed by atoms with Gasteiger partial charge in [-0.1, -0.05) is 25.3 Å². The van der Waals surface area contributed by atoms with E-state index in [9.17, 15) is 4.79 Å². The zero-order valence-corrected chi connectivity index (χ0v) is 11.9. The maximum atomic E-state index is 12.3. The van der Waals surface area contributed by atoms with E-state index in [0.29, 0.717) is 0 Å². The van der Waals surface area contributed by atoms with Gasteiger partial charge >= 0.3 is 0 Å². The highest BCUT2D eigenvalue weighted by atomic mass is 16.1. The zero-order valence-electron chi connectivity index (χ0n) is 11.9. The van der Waals surface area contributed by atoms with Crippen molar-refractivity contribution in [3.8, 4) is 0 Å². The third-order valence-electron chi connectivity index (χ3n) is 4.48. The molecule has 1 atom stereocenters. The Hall–Kier alpha value is -1.58. The summed E-state index contributed by atoms with van der Waals surface area (Å²) in [5.74, 6) is 1.55. The summed E-state index contributed by atoms with van der Waals surface area (Å²) in [5.41, 5.74) is 0. The van der Waals surface area contributed by atoms with Crippen molar-refractivity contribution in [2.24, 2.45) is 5.92 Å². The third-order valence-corrected chi connectivity index (χ3v) is 4.48. The van der Waals surface area contributed by atoms with Gasteiger partial charge < -0.3 is 10.2 Å². The molecule has 2 fully saturated rings. The fourth-order valence-electron chi connectivity index (χ4n) is 3.31. The summed E-state index contributed by atoms with van der Waals surface area (Å²) in [4.78, 5) is 18.9. The van der Waals surface area contributed by atoms with E-state index in [4.69, 9.17) is 0 Å². The van der Waals surface area contributed by atoms with Gasteiger partial charge in [-0.15, -0.1) is 0 Å². The van der Waals surface area contributed by atoms with Crippen LogP contribution in [0.1, 0.15) is 38.5 Å². The smallest absolute Gasteiger partial charge is 0.223 e. The van der Waals surface area contributed by atoms with Gasteiger partial charge in [0.15, 0.2) is 0 Å². The summed E-state index contributed by atoms with van der Waals surface area (Å²) in [7, 11) is 0.